The molecular weight excluding hydrogens is 226 g/mol. The smallest absolute Gasteiger partial charge is 0.165 e. The topological polar surface area (TPSA) is 56.5 Å². The van der Waals surface area contributed by atoms with Crippen LogP contribution >= 0.6 is 0 Å². The third-order valence-corrected chi connectivity index (χ3v) is 2.52. The average molecular weight is 237 g/mol. The van der Waals surface area contributed by atoms with Crippen molar-refractivity contribution in [1.82, 2.24) is 24.7 Å². The first-order valence-electron chi connectivity index (χ1n) is 5.59. The number of pyridine rings is 2. The summed E-state index contributed by atoms with van der Waals surface area (Å²) in [7, 11) is 0. The van der Waals surface area contributed by atoms with E-state index in [4.69, 9.17) is 0 Å². The van der Waals surface area contributed by atoms with E-state index in [1.807, 2.05) is 31.2 Å². The van der Waals surface area contributed by atoms with Gasteiger partial charge < -0.3 is 0 Å². The normalized spacial score (nSPS) is 10.5. The molecule has 0 N–H and O–H groups in total. The number of hydrogen-bond donors (Lipinski definition) is 0. The molecule has 88 valence electrons. The molecule has 0 aliphatic heterocycles. The van der Waals surface area contributed by atoms with Gasteiger partial charge in [0.15, 0.2) is 5.82 Å². The van der Waals surface area contributed by atoms with E-state index < -0.39 is 0 Å². The number of nitrogens with zero attached hydrogens (tertiary/aromatic N) is 5. The van der Waals surface area contributed by atoms with Gasteiger partial charge in [-0.25, -0.2) is 9.67 Å². The molecule has 5 nitrogen and oxygen atoms in total. The molecule has 0 aliphatic carbocycles. The van der Waals surface area contributed by atoms with Crippen LogP contribution in [0.2, 0.25) is 0 Å². The van der Waals surface area contributed by atoms with Crippen molar-refractivity contribution in [3.8, 4) is 17.1 Å². The number of aryl methyl sites for hydroxylation is 1. The van der Waals surface area contributed by atoms with E-state index in [1.54, 1.807) is 29.5 Å². The highest BCUT2D eigenvalue weighted by Crippen LogP contribution is 2.19. The fraction of sp³-hybridized carbons (Fsp3) is 0.0769. The number of hydrogen-bond acceptors (Lipinski definition) is 4. The summed E-state index contributed by atoms with van der Waals surface area (Å²) in [6.07, 6.45) is 7.00. The molecule has 5 heteroatoms. The summed E-state index contributed by atoms with van der Waals surface area (Å²) in [4.78, 5) is 12.7. The first-order chi connectivity index (χ1) is 8.84. The Morgan fingerprint density at radius 1 is 1.00 bits per heavy atom. The lowest BCUT2D eigenvalue weighted by Crippen LogP contribution is -2.00. The molecule has 0 saturated carbocycles. The van der Waals surface area contributed by atoms with Crippen LogP contribution in [0.5, 0.6) is 0 Å². The Balaban J connectivity index is 2.17. The van der Waals surface area contributed by atoms with Crippen LogP contribution in [0.1, 0.15) is 5.82 Å². The van der Waals surface area contributed by atoms with Crippen molar-refractivity contribution in [2.24, 2.45) is 0 Å². The third kappa shape index (κ3) is 1.86. The van der Waals surface area contributed by atoms with Crippen LogP contribution in [0.3, 0.4) is 0 Å². The molecule has 3 aromatic rings. The Morgan fingerprint density at radius 3 is 2.44 bits per heavy atom. The average Bonchev–Trinajstić information content (AvgIpc) is 2.83. The summed E-state index contributed by atoms with van der Waals surface area (Å²) in [5, 5.41) is 4.40. The standard InChI is InChI=1S/C13H11N5/c1-10-16-13(11-4-2-6-14-8-11)18(17-10)12-5-3-7-15-9-12/h2-9H,1H3. The fourth-order valence-corrected chi connectivity index (χ4v) is 1.76. The first-order valence-corrected chi connectivity index (χ1v) is 5.59. The molecule has 0 unspecified atom stereocenters. The minimum atomic E-state index is 0.720. The Hall–Kier alpha value is -2.56. The minimum Gasteiger partial charge on any atom is -0.264 e. The van der Waals surface area contributed by atoms with Crippen LogP contribution in [0, 0.1) is 6.92 Å². The maximum Gasteiger partial charge on any atom is 0.165 e. The van der Waals surface area contributed by atoms with E-state index in [0.29, 0.717) is 0 Å². The lowest BCUT2D eigenvalue weighted by atomic mass is 10.2. The lowest BCUT2D eigenvalue weighted by molar-refractivity contribution is 0.863. The summed E-state index contributed by atoms with van der Waals surface area (Å²) < 4.78 is 1.78. The van der Waals surface area contributed by atoms with Crippen LogP contribution in [-0.2, 0) is 0 Å². The van der Waals surface area contributed by atoms with Gasteiger partial charge >= 0.3 is 0 Å². The highest BCUT2D eigenvalue weighted by molar-refractivity contribution is 5.56. The van der Waals surface area contributed by atoms with Crippen molar-refractivity contribution in [3.63, 3.8) is 0 Å². The molecule has 0 radical (unpaired) electrons. The van der Waals surface area contributed by atoms with Crippen LogP contribution < -0.4 is 0 Å². The summed E-state index contributed by atoms with van der Waals surface area (Å²) >= 11 is 0. The summed E-state index contributed by atoms with van der Waals surface area (Å²) in [6.45, 7) is 1.87. The Labute approximate surface area is 104 Å². The van der Waals surface area contributed by atoms with Gasteiger partial charge in [0.25, 0.3) is 0 Å². The summed E-state index contributed by atoms with van der Waals surface area (Å²) in [5.41, 5.74) is 1.82. The molecule has 0 aromatic carbocycles. The molecular formula is C13H11N5. The Kier molecular flexibility index (Phi) is 2.57. The number of rotatable bonds is 2. The van der Waals surface area contributed by atoms with Gasteiger partial charge in [-0.2, -0.15) is 5.10 Å². The quantitative estimate of drug-likeness (QED) is 0.684. The molecule has 3 aromatic heterocycles. The van der Waals surface area contributed by atoms with Crippen molar-refractivity contribution in [2.45, 2.75) is 6.92 Å². The molecule has 0 bridgehead atoms. The third-order valence-electron chi connectivity index (χ3n) is 2.52. The molecule has 0 atom stereocenters. The molecule has 0 amide bonds. The predicted molar refractivity (Wildman–Crippen MR) is 67.1 cm³/mol. The Bertz CT molecular complexity index is 589. The minimum absolute atomic E-state index is 0.720. The van der Waals surface area contributed by atoms with E-state index in [2.05, 4.69) is 20.1 Å². The molecule has 0 saturated heterocycles. The number of aromatic nitrogens is 5. The lowest BCUT2D eigenvalue weighted by Gasteiger charge is -2.04. The van der Waals surface area contributed by atoms with Crippen LogP contribution in [0.4, 0.5) is 0 Å². The van der Waals surface area contributed by atoms with E-state index in [9.17, 15) is 0 Å². The molecule has 3 rings (SSSR count). The van der Waals surface area contributed by atoms with Crippen molar-refractivity contribution in [2.75, 3.05) is 0 Å². The second-order valence-corrected chi connectivity index (χ2v) is 3.85. The predicted octanol–water partition coefficient (Wildman–Crippen LogP) is 2.03. The second kappa shape index (κ2) is 4.37. The van der Waals surface area contributed by atoms with Crippen LogP contribution in [0.15, 0.2) is 49.1 Å². The molecule has 0 aliphatic rings. The van der Waals surface area contributed by atoms with Gasteiger partial charge in [-0.3, -0.25) is 9.97 Å². The van der Waals surface area contributed by atoms with E-state index in [1.165, 1.54) is 0 Å². The zero-order valence-electron chi connectivity index (χ0n) is 9.85. The monoisotopic (exact) mass is 237 g/mol. The van der Waals surface area contributed by atoms with E-state index in [-0.39, 0.29) is 0 Å². The van der Waals surface area contributed by atoms with Crippen LogP contribution in [0.25, 0.3) is 17.1 Å². The van der Waals surface area contributed by atoms with E-state index >= 15 is 0 Å². The molecule has 18 heavy (non-hydrogen) atoms. The zero-order valence-corrected chi connectivity index (χ0v) is 9.85. The van der Waals surface area contributed by atoms with Gasteiger partial charge in [-0.1, -0.05) is 0 Å². The fourth-order valence-electron chi connectivity index (χ4n) is 1.76. The van der Waals surface area contributed by atoms with Crippen molar-refractivity contribution >= 4 is 0 Å². The van der Waals surface area contributed by atoms with Gasteiger partial charge in [0.2, 0.25) is 0 Å². The SMILES string of the molecule is Cc1nc(-c2cccnc2)n(-c2cccnc2)n1. The summed E-state index contributed by atoms with van der Waals surface area (Å²) in [5.74, 6) is 1.49. The van der Waals surface area contributed by atoms with Gasteiger partial charge in [-0.05, 0) is 31.2 Å². The molecule has 3 heterocycles. The van der Waals surface area contributed by atoms with E-state index in [0.717, 1.165) is 22.9 Å². The van der Waals surface area contributed by atoms with Crippen LogP contribution in [-0.4, -0.2) is 24.7 Å². The maximum absolute atomic E-state index is 4.44. The summed E-state index contributed by atoms with van der Waals surface area (Å²) in [6, 6.07) is 7.66. The van der Waals surface area contributed by atoms with Crippen molar-refractivity contribution in [1.29, 1.82) is 0 Å². The van der Waals surface area contributed by atoms with Crippen molar-refractivity contribution in [3.05, 3.63) is 54.9 Å². The first kappa shape index (κ1) is 10.6. The maximum atomic E-state index is 4.44. The zero-order chi connectivity index (χ0) is 12.4. The largest absolute Gasteiger partial charge is 0.264 e. The second-order valence-electron chi connectivity index (χ2n) is 3.85. The highest BCUT2D eigenvalue weighted by Gasteiger charge is 2.11. The Morgan fingerprint density at radius 2 is 1.78 bits per heavy atom. The van der Waals surface area contributed by atoms with Gasteiger partial charge in [-0.15, -0.1) is 0 Å². The van der Waals surface area contributed by atoms with Crippen molar-refractivity contribution < 1.29 is 0 Å². The van der Waals surface area contributed by atoms with Gasteiger partial charge in [0, 0.05) is 24.2 Å². The highest BCUT2D eigenvalue weighted by atomic mass is 15.4. The van der Waals surface area contributed by atoms with Gasteiger partial charge in [0.05, 0.1) is 11.9 Å². The molecule has 0 fully saturated rings. The molecule has 0 spiro atoms. The van der Waals surface area contributed by atoms with Gasteiger partial charge in [0.1, 0.15) is 5.82 Å².